The van der Waals surface area contributed by atoms with Crippen LogP contribution in [0.4, 0.5) is 11.4 Å². The number of fused-ring (bicyclic) bond motifs is 1. The first-order valence-corrected chi connectivity index (χ1v) is 15.4. The SMILES string of the molecule is COc1cc(C(=O)N(C)c2ccc(C)cc2OCCCCC(=C=O)N2CCN(C)CC2)ccc1NC(=O)c1cccc2[nH]cnc12. The van der Waals surface area contributed by atoms with Gasteiger partial charge in [-0.15, -0.1) is 0 Å². The zero-order chi connectivity index (χ0) is 32.6. The number of para-hydroxylation sites is 1. The number of piperazine rings is 1. The van der Waals surface area contributed by atoms with Crippen molar-refractivity contribution in [2.75, 3.05) is 64.2 Å². The highest BCUT2D eigenvalue weighted by Gasteiger charge is 2.21. The molecule has 2 amide bonds. The Hall–Kier alpha value is -5.12. The Labute approximate surface area is 268 Å². The van der Waals surface area contributed by atoms with Crippen LogP contribution in [0.3, 0.4) is 0 Å². The van der Waals surface area contributed by atoms with Crippen LogP contribution in [0.5, 0.6) is 11.5 Å². The maximum absolute atomic E-state index is 13.6. The van der Waals surface area contributed by atoms with Gasteiger partial charge < -0.3 is 34.5 Å². The molecule has 0 bridgehead atoms. The van der Waals surface area contributed by atoms with Crippen molar-refractivity contribution in [3.05, 3.63) is 83.3 Å². The highest BCUT2D eigenvalue weighted by atomic mass is 16.5. The zero-order valence-corrected chi connectivity index (χ0v) is 26.8. The first-order chi connectivity index (χ1) is 22.3. The van der Waals surface area contributed by atoms with Gasteiger partial charge >= 0.3 is 0 Å². The standard InChI is InChI=1S/C35H40N6O5/c1-24-11-14-30(32(20-24)46-19-6-5-8-26(22-42)41-17-15-39(2)16-18-41)40(3)35(44)25-12-13-28(31(21-25)45-4)38-34(43)27-9-7-10-29-33(27)37-23-36-29/h7,9-14,20-21,23H,5-6,8,15-19H2,1-4H3,(H,36,37)(H,38,43). The van der Waals surface area contributed by atoms with E-state index in [9.17, 15) is 14.4 Å². The molecule has 11 heteroatoms. The molecule has 0 radical (unpaired) electrons. The largest absolute Gasteiger partial charge is 0.495 e. The Morgan fingerprint density at radius 3 is 2.61 bits per heavy atom. The summed E-state index contributed by atoms with van der Waals surface area (Å²) in [5.74, 6) is 2.49. The number of imidazole rings is 1. The Kier molecular flexibility index (Phi) is 10.4. The second kappa shape index (κ2) is 14.8. The van der Waals surface area contributed by atoms with Gasteiger partial charge in [0.25, 0.3) is 11.8 Å². The Balaban J connectivity index is 1.22. The monoisotopic (exact) mass is 624 g/mol. The molecular weight excluding hydrogens is 584 g/mol. The number of hydrogen-bond acceptors (Lipinski definition) is 8. The third kappa shape index (κ3) is 7.39. The lowest BCUT2D eigenvalue weighted by molar-refractivity contribution is 0.0990. The van der Waals surface area contributed by atoms with Gasteiger partial charge in [-0.1, -0.05) is 12.1 Å². The van der Waals surface area contributed by atoms with E-state index in [1.807, 2.05) is 31.2 Å². The van der Waals surface area contributed by atoms with E-state index in [-0.39, 0.29) is 11.8 Å². The number of benzene rings is 3. The highest BCUT2D eigenvalue weighted by Crippen LogP contribution is 2.32. The normalized spacial score (nSPS) is 13.3. The van der Waals surface area contributed by atoms with Gasteiger partial charge in [-0.3, -0.25) is 9.59 Å². The molecule has 0 aliphatic carbocycles. The minimum atomic E-state index is -0.341. The van der Waals surface area contributed by atoms with E-state index in [1.165, 1.54) is 7.11 Å². The van der Waals surface area contributed by atoms with Crippen molar-refractivity contribution in [3.8, 4) is 11.5 Å². The number of ether oxygens (including phenoxy) is 2. The molecule has 46 heavy (non-hydrogen) atoms. The van der Waals surface area contributed by atoms with Gasteiger partial charge in [-0.2, -0.15) is 0 Å². The van der Waals surface area contributed by atoms with Crippen molar-refractivity contribution in [2.24, 2.45) is 0 Å². The summed E-state index contributed by atoms with van der Waals surface area (Å²) in [5, 5.41) is 2.88. The maximum atomic E-state index is 13.6. The minimum Gasteiger partial charge on any atom is -0.495 e. The summed E-state index contributed by atoms with van der Waals surface area (Å²) in [4.78, 5) is 51.5. The Bertz CT molecular complexity index is 1750. The number of nitrogens with zero attached hydrogens (tertiary/aromatic N) is 4. The molecule has 0 saturated carbocycles. The van der Waals surface area contributed by atoms with Crippen LogP contribution in [0.25, 0.3) is 11.0 Å². The number of rotatable bonds is 12. The van der Waals surface area contributed by atoms with Crippen molar-refractivity contribution in [1.82, 2.24) is 19.8 Å². The lowest BCUT2D eigenvalue weighted by Crippen LogP contribution is -2.44. The van der Waals surface area contributed by atoms with Crippen LogP contribution in [0.2, 0.25) is 0 Å². The molecule has 2 heterocycles. The lowest BCUT2D eigenvalue weighted by atomic mass is 10.1. The first kappa shape index (κ1) is 32.3. The number of methoxy groups -OCH3 is 1. The third-order valence-electron chi connectivity index (χ3n) is 8.24. The number of carbonyl (C=O) groups is 2. The molecule has 0 atom stereocenters. The molecule has 240 valence electrons. The quantitative estimate of drug-likeness (QED) is 0.168. The highest BCUT2D eigenvalue weighted by molar-refractivity contribution is 6.12. The summed E-state index contributed by atoms with van der Waals surface area (Å²) >= 11 is 0. The second-order valence-corrected chi connectivity index (χ2v) is 11.5. The first-order valence-electron chi connectivity index (χ1n) is 15.4. The topological polar surface area (TPSA) is 120 Å². The summed E-state index contributed by atoms with van der Waals surface area (Å²) in [6, 6.07) is 16.0. The smallest absolute Gasteiger partial charge is 0.258 e. The third-order valence-corrected chi connectivity index (χ3v) is 8.24. The number of likely N-dealkylation sites (N-methyl/N-ethyl adjacent to an activating group) is 1. The van der Waals surface area contributed by atoms with Crippen molar-refractivity contribution >= 4 is 40.2 Å². The van der Waals surface area contributed by atoms with Crippen molar-refractivity contribution in [1.29, 1.82) is 0 Å². The van der Waals surface area contributed by atoms with Crippen LogP contribution in [-0.2, 0) is 4.79 Å². The number of aromatic nitrogens is 2. The van der Waals surface area contributed by atoms with Gasteiger partial charge in [-0.25, -0.2) is 9.78 Å². The fourth-order valence-electron chi connectivity index (χ4n) is 5.51. The van der Waals surface area contributed by atoms with E-state index < -0.39 is 0 Å². The number of nitrogens with one attached hydrogen (secondary N) is 2. The number of anilines is 2. The van der Waals surface area contributed by atoms with Crippen LogP contribution in [0.15, 0.2) is 66.6 Å². The minimum absolute atomic E-state index is 0.265. The average molecular weight is 625 g/mol. The maximum Gasteiger partial charge on any atom is 0.258 e. The predicted molar refractivity (Wildman–Crippen MR) is 179 cm³/mol. The Morgan fingerprint density at radius 1 is 1.04 bits per heavy atom. The van der Waals surface area contributed by atoms with Crippen molar-refractivity contribution in [3.63, 3.8) is 0 Å². The molecule has 2 N–H and O–H groups in total. The number of allylic oxidation sites excluding steroid dienone is 1. The molecule has 1 aliphatic heterocycles. The number of H-pyrrole nitrogens is 1. The van der Waals surface area contributed by atoms with Crippen LogP contribution in [0.1, 0.15) is 45.5 Å². The van der Waals surface area contributed by atoms with Crippen LogP contribution < -0.4 is 19.7 Å². The lowest BCUT2D eigenvalue weighted by Gasteiger charge is -2.34. The van der Waals surface area contributed by atoms with Gasteiger partial charge in [0, 0.05) is 38.8 Å². The van der Waals surface area contributed by atoms with E-state index in [1.54, 1.807) is 48.6 Å². The molecule has 3 aromatic carbocycles. The Morgan fingerprint density at radius 2 is 1.85 bits per heavy atom. The number of amides is 2. The van der Waals surface area contributed by atoms with Gasteiger partial charge in [0.2, 0.25) is 0 Å². The predicted octanol–water partition coefficient (Wildman–Crippen LogP) is 4.92. The van der Waals surface area contributed by atoms with Gasteiger partial charge in [0.05, 0.1) is 48.2 Å². The molecule has 0 spiro atoms. The summed E-state index contributed by atoms with van der Waals surface area (Å²) in [5.41, 5.74) is 4.92. The number of aryl methyl sites for hydroxylation is 1. The van der Waals surface area contributed by atoms with Crippen LogP contribution in [-0.4, -0.2) is 91.5 Å². The van der Waals surface area contributed by atoms with Crippen LogP contribution in [0, 0.1) is 6.92 Å². The number of carbonyl (C=O) groups excluding carboxylic acids is 3. The van der Waals surface area contributed by atoms with Crippen LogP contribution >= 0.6 is 0 Å². The summed E-state index contributed by atoms with van der Waals surface area (Å²) < 4.78 is 11.7. The summed E-state index contributed by atoms with van der Waals surface area (Å²) in [6.45, 7) is 5.98. The van der Waals surface area contributed by atoms with Gasteiger partial charge in [0.1, 0.15) is 23.0 Å². The average Bonchev–Trinajstić information content (AvgIpc) is 3.56. The number of hydrogen-bond donors (Lipinski definition) is 2. The molecule has 0 unspecified atom stereocenters. The fraction of sp³-hybridized carbons (Fsp3) is 0.343. The van der Waals surface area contributed by atoms with Gasteiger partial charge in [-0.05, 0) is 81.3 Å². The molecule has 5 rings (SSSR count). The second-order valence-electron chi connectivity index (χ2n) is 11.5. The number of aromatic amines is 1. The molecule has 1 fully saturated rings. The molecule has 1 saturated heterocycles. The van der Waals surface area contributed by atoms with E-state index in [2.05, 4.69) is 38.1 Å². The molecule has 4 aromatic rings. The van der Waals surface area contributed by atoms with Crippen molar-refractivity contribution in [2.45, 2.75) is 26.2 Å². The molecule has 1 aliphatic rings. The zero-order valence-electron chi connectivity index (χ0n) is 26.8. The molecular formula is C35H40N6O5. The molecule has 11 nitrogen and oxygen atoms in total. The number of unbranched alkanes of at least 4 members (excludes halogenated alkanes) is 1. The van der Waals surface area contributed by atoms with E-state index >= 15 is 0 Å². The summed E-state index contributed by atoms with van der Waals surface area (Å²) in [6.07, 6.45) is 3.75. The summed E-state index contributed by atoms with van der Waals surface area (Å²) in [7, 11) is 5.27. The van der Waals surface area contributed by atoms with E-state index in [4.69, 9.17) is 9.47 Å². The van der Waals surface area contributed by atoms with E-state index in [0.29, 0.717) is 52.5 Å². The van der Waals surface area contributed by atoms with Gasteiger partial charge in [0.15, 0.2) is 0 Å². The fourth-order valence-corrected chi connectivity index (χ4v) is 5.51. The molecule has 1 aromatic heterocycles. The van der Waals surface area contributed by atoms with E-state index in [0.717, 1.165) is 55.8 Å². The van der Waals surface area contributed by atoms with Crippen molar-refractivity contribution < 1.29 is 23.9 Å².